The monoisotopic (exact) mass is 1360 g/mol. The average Bonchev–Trinajstić information content (AvgIpc) is 3.61. The number of hydrogen-bond acceptors (Lipinski definition) is 8. The molecule has 0 aliphatic heterocycles. The smallest absolute Gasteiger partial charge is 0.726 e. The normalized spacial score (nSPS) is 12.0. The first kappa shape index (κ1) is 96.2. The zero-order valence-electron chi connectivity index (χ0n) is 62.3. The zero-order chi connectivity index (χ0) is 65.9. The molecule has 0 saturated carbocycles. The minimum Gasteiger partial charge on any atom is -0.726 e. The summed E-state index contributed by atoms with van der Waals surface area (Å²) in [6, 6.07) is 0. The quantitative estimate of drug-likeness (QED) is 0.0254. The topological polar surface area (TPSA) is 133 Å². The van der Waals surface area contributed by atoms with Gasteiger partial charge in [-0.2, -0.15) is 0 Å². The largest absolute Gasteiger partial charge is 2.00 e. The molecule has 0 aromatic heterocycles. The van der Waals surface area contributed by atoms with Gasteiger partial charge in [0.2, 0.25) is 20.8 Å². The Morgan fingerprint density at radius 3 is 0.396 bits per heavy atom. The first-order valence-corrected chi connectivity index (χ1v) is 43.9. The van der Waals surface area contributed by atoms with E-state index in [1.165, 1.54) is 411 Å². The molecule has 0 radical (unpaired) electrons. The van der Waals surface area contributed by atoms with Crippen LogP contribution in [-0.2, 0) is 29.2 Å². The van der Waals surface area contributed by atoms with Gasteiger partial charge in [0.1, 0.15) is 0 Å². The summed E-state index contributed by atoms with van der Waals surface area (Å²) >= 11 is 0. The summed E-state index contributed by atoms with van der Waals surface area (Å²) in [6.45, 7) is 9.28. The Hall–Kier alpha value is 1.000. The molecule has 91 heavy (non-hydrogen) atoms. The van der Waals surface area contributed by atoms with Gasteiger partial charge in [-0.05, 0) is 37.5 Å². The van der Waals surface area contributed by atoms with Crippen molar-refractivity contribution < 1.29 is 34.3 Å². The molecule has 0 saturated heterocycles. The Morgan fingerprint density at radius 1 is 0.198 bits per heavy atom. The van der Waals surface area contributed by atoms with Crippen LogP contribution in [0.15, 0.2) is 0 Å². The summed E-state index contributed by atoms with van der Waals surface area (Å²) in [7, 11) is -9.19. The third kappa shape index (κ3) is 91.0. The fourth-order valence-electron chi connectivity index (χ4n) is 13.6. The summed E-state index contributed by atoms with van der Waals surface area (Å²) in [6.07, 6.45) is 96.5. The summed E-state index contributed by atoms with van der Waals surface area (Å²) in [5.74, 6) is 0.391. The molecule has 0 atom stereocenters. The van der Waals surface area contributed by atoms with Crippen LogP contribution in [-0.4, -0.2) is 76.9 Å². The fourth-order valence-corrected chi connectivity index (χ4v) is 14.3. The van der Waals surface area contributed by atoms with Gasteiger partial charge >= 0.3 is 37.7 Å². The average molecular weight is 1360 g/mol. The second-order valence-electron chi connectivity index (χ2n) is 28.9. The van der Waals surface area contributed by atoms with E-state index in [1.54, 1.807) is 0 Å². The van der Waals surface area contributed by atoms with Crippen LogP contribution in [0.1, 0.15) is 490 Å². The van der Waals surface area contributed by atoms with Gasteiger partial charge in [0.15, 0.2) is 0 Å². The maximum atomic E-state index is 11.0. The van der Waals surface area contributed by atoms with E-state index in [0.717, 1.165) is 51.4 Å². The van der Waals surface area contributed by atoms with Gasteiger partial charge in [0, 0.05) is 0 Å². The van der Waals surface area contributed by atoms with Crippen LogP contribution in [0.2, 0.25) is 0 Å². The molecular weight excluding hydrogens is 1190 g/mol. The van der Waals surface area contributed by atoms with Crippen molar-refractivity contribution in [2.24, 2.45) is 11.8 Å². The molecule has 0 spiro atoms. The number of rotatable bonds is 78. The Kier molecular flexibility index (Phi) is 86.3. The van der Waals surface area contributed by atoms with E-state index in [2.05, 4.69) is 36.1 Å². The molecule has 0 heterocycles. The van der Waals surface area contributed by atoms with Crippen molar-refractivity contribution in [3.63, 3.8) is 0 Å². The SMILES string of the molecule is CCCCCCCCCCCCCCCCCCCC(CCCCCCCCCCCCCCCCCCC)COS(=O)(=O)[O-].CCCCCCCCCCCCCCCCCCCC(CCCCCCCCCCCCCCCCCCC)COS(=O)(=O)[O-].[Ca+2]. The summed E-state index contributed by atoms with van der Waals surface area (Å²) < 4.78 is 75.5. The molecule has 0 aromatic carbocycles. The van der Waals surface area contributed by atoms with Gasteiger partial charge in [0.05, 0.1) is 13.2 Å². The third-order valence-corrected chi connectivity index (χ3v) is 20.6. The molecule has 0 aliphatic rings. The van der Waals surface area contributed by atoms with Crippen molar-refractivity contribution in [3.05, 3.63) is 0 Å². The first-order valence-electron chi connectivity index (χ1n) is 41.2. The zero-order valence-corrected chi connectivity index (χ0v) is 66.1. The molecule has 8 nitrogen and oxygen atoms in total. The third-order valence-electron chi connectivity index (χ3n) is 19.8. The summed E-state index contributed by atoms with van der Waals surface area (Å²) in [4.78, 5) is 0. The van der Waals surface area contributed by atoms with Crippen LogP contribution < -0.4 is 0 Å². The van der Waals surface area contributed by atoms with E-state index in [0.29, 0.717) is 0 Å². The number of hydrogen-bond donors (Lipinski definition) is 0. The van der Waals surface area contributed by atoms with Gasteiger partial charge in [-0.1, -0.05) is 464 Å². The van der Waals surface area contributed by atoms with Crippen molar-refractivity contribution in [3.8, 4) is 0 Å². The molecule has 0 aromatic rings. The predicted molar refractivity (Wildman–Crippen MR) is 399 cm³/mol. The molecule has 0 amide bonds. The van der Waals surface area contributed by atoms with E-state index in [-0.39, 0.29) is 62.8 Å². The van der Waals surface area contributed by atoms with E-state index < -0.39 is 20.8 Å². The molecule has 0 rings (SSSR count). The van der Waals surface area contributed by atoms with Crippen LogP contribution in [0.3, 0.4) is 0 Å². The van der Waals surface area contributed by atoms with Gasteiger partial charge in [-0.3, -0.25) is 8.37 Å². The maximum Gasteiger partial charge on any atom is 2.00 e. The fraction of sp³-hybridized carbons (Fsp3) is 1.00. The van der Waals surface area contributed by atoms with Gasteiger partial charge in [0.25, 0.3) is 0 Å². The standard InChI is InChI=1S/2C40H82O4S.Ca/c2*1-3-5-7-9-11-13-15-17-19-21-23-25-27-29-31-33-35-37-40(39-44-45(41,42)43)38-36-34-32-30-28-26-24-22-20-18-16-14-12-10-8-6-4-2;/h2*40H,3-39H2,1-2H3,(H,41,42,43);/q;;+2/p-2. The molecule has 544 valence electrons. The first-order chi connectivity index (χ1) is 44.0. The van der Waals surface area contributed by atoms with E-state index >= 15 is 0 Å². The van der Waals surface area contributed by atoms with Gasteiger partial charge in [-0.15, -0.1) is 0 Å². The van der Waals surface area contributed by atoms with Crippen molar-refractivity contribution in [2.75, 3.05) is 13.2 Å². The molecule has 0 unspecified atom stereocenters. The van der Waals surface area contributed by atoms with Crippen LogP contribution in [0.25, 0.3) is 0 Å². The van der Waals surface area contributed by atoms with Gasteiger partial charge < -0.3 is 9.11 Å². The summed E-state index contributed by atoms with van der Waals surface area (Å²) in [5, 5.41) is 0. The van der Waals surface area contributed by atoms with Crippen molar-refractivity contribution in [2.45, 2.75) is 490 Å². The van der Waals surface area contributed by atoms with Gasteiger partial charge in [-0.25, -0.2) is 16.8 Å². The Bertz CT molecular complexity index is 1350. The molecule has 0 N–H and O–H groups in total. The second kappa shape index (κ2) is 81.7. The van der Waals surface area contributed by atoms with E-state index in [9.17, 15) is 25.9 Å². The van der Waals surface area contributed by atoms with Crippen molar-refractivity contribution in [1.29, 1.82) is 0 Å². The van der Waals surface area contributed by atoms with E-state index in [4.69, 9.17) is 0 Å². The van der Waals surface area contributed by atoms with Crippen LogP contribution >= 0.6 is 0 Å². The second-order valence-corrected chi connectivity index (χ2v) is 31.0. The molecular formula is C80H162CaO8S2. The minimum absolute atomic E-state index is 0. The van der Waals surface area contributed by atoms with Crippen LogP contribution in [0, 0.1) is 11.8 Å². The summed E-state index contributed by atoms with van der Waals surface area (Å²) in [5.41, 5.74) is 0. The van der Waals surface area contributed by atoms with Crippen molar-refractivity contribution in [1.82, 2.24) is 0 Å². The van der Waals surface area contributed by atoms with Crippen molar-refractivity contribution >= 4 is 58.5 Å². The Labute approximate surface area is 603 Å². The van der Waals surface area contributed by atoms with Crippen LogP contribution in [0.4, 0.5) is 0 Å². The molecule has 0 bridgehead atoms. The Morgan fingerprint density at radius 2 is 0.297 bits per heavy atom. The minimum atomic E-state index is -4.59. The predicted octanol–water partition coefficient (Wildman–Crippen LogP) is 27.9. The molecule has 0 aliphatic carbocycles. The Balaban J connectivity index is -0.00000168. The van der Waals surface area contributed by atoms with Crippen LogP contribution in [0.5, 0.6) is 0 Å². The maximum absolute atomic E-state index is 11.0. The number of unbranched alkanes of at least 4 members (excludes halogenated alkanes) is 64. The molecule has 0 fully saturated rings. The van der Waals surface area contributed by atoms with E-state index in [1.807, 2.05) is 0 Å². The molecule has 11 heteroatoms.